The smallest absolute Gasteiger partial charge is 0.309 e. The number of aliphatic hydroxyl groups excluding tert-OH is 1. The molecule has 1 fully saturated rings. The highest BCUT2D eigenvalue weighted by molar-refractivity contribution is 5.75. The summed E-state index contributed by atoms with van der Waals surface area (Å²) in [5.41, 5.74) is 3.37. The summed E-state index contributed by atoms with van der Waals surface area (Å²) in [4.78, 5) is 12.7. The van der Waals surface area contributed by atoms with E-state index in [1.807, 2.05) is 12.1 Å². The molecule has 3 aromatic rings. The number of aliphatic hydroxyl groups is 1. The third-order valence-electron chi connectivity index (χ3n) is 7.61. The van der Waals surface area contributed by atoms with Crippen molar-refractivity contribution in [3.63, 3.8) is 0 Å². The van der Waals surface area contributed by atoms with Crippen molar-refractivity contribution in [3.05, 3.63) is 70.8 Å². The number of hydrogen-bond acceptors (Lipinski definition) is 9. The van der Waals surface area contributed by atoms with Gasteiger partial charge < -0.3 is 39.0 Å². The Morgan fingerprint density at radius 3 is 2.18 bits per heavy atom. The highest BCUT2D eigenvalue weighted by Gasteiger charge is 2.40. The molecular weight excluding hydrogens is 504 g/mol. The maximum absolute atomic E-state index is 12.7. The minimum atomic E-state index is -0.503. The van der Waals surface area contributed by atoms with Gasteiger partial charge in [0.15, 0.2) is 34.5 Å². The second-order valence-electron chi connectivity index (χ2n) is 9.89. The van der Waals surface area contributed by atoms with E-state index >= 15 is 0 Å². The molecule has 1 saturated heterocycles. The molecule has 4 atom stereocenters. The number of phenolic OH excluding ortho intramolecular Hbond substituents is 2. The first-order valence-corrected chi connectivity index (χ1v) is 12.7. The summed E-state index contributed by atoms with van der Waals surface area (Å²) in [7, 11) is 4.53. The molecule has 0 aromatic heterocycles. The number of ether oxygens (including phenoxy) is 5. The number of fused-ring (bicyclic) bond motifs is 1. The van der Waals surface area contributed by atoms with E-state index in [1.165, 1.54) is 14.2 Å². The van der Waals surface area contributed by atoms with Crippen LogP contribution in [0, 0.1) is 11.8 Å². The van der Waals surface area contributed by atoms with Crippen LogP contribution in [0.25, 0.3) is 0 Å². The van der Waals surface area contributed by atoms with Crippen LogP contribution in [0.3, 0.4) is 0 Å². The van der Waals surface area contributed by atoms with Crippen LogP contribution >= 0.6 is 0 Å². The molecule has 4 unspecified atom stereocenters. The molecule has 3 N–H and O–H groups in total. The Hall–Kier alpha value is -4.11. The summed E-state index contributed by atoms with van der Waals surface area (Å²) >= 11 is 0. The summed E-state index contributed by atoms with van der Waals surface area (Å²) in [5.74, 6) is 0.778. The number of methoxy groups -OCH3 is 3. The summed E-state index contributed by atoms with van der Waals surface area (Å²) in [6.07, 6.45) is 0.512. The average Bonchev–Trinajstić information content (AvgIpc) is 3.49. The second kappa shape index (κ2) is 10.9. The average molecular weight is 537 g/mol. The van der Waals surface area contributed by atoms with E-state index in [1.54, 1.807) is 43.5 Å². The van der Waals surface area contributed by atoms with E-state index in [0.717, 1.165) is 22.3 Å². The van der Waals surface area contributed by atoms with Crippen molar-refractivity contribution in [3.8, 4) is 34.5 Å². The number of phenols is 2. The summed E-state index contributed by atoms with van der Waals surface area (Å²) in [6, 6.07) is 14.0. The lowest BCUT2D eigenvalue weighted by molar-refractivity contribution is -0.141. The fraction of sp³-hybridized carbons (Fsp3) is 0.367. The van der Waals surface area contributed by atoms with Crippen molar-refractivity contribution in [2.24, 2.45) is 11.8 Å². The molecule has 0 spiro atoms. The number of aromatic hydroxyl groups is 2. The Kier molecular flexibility index (Phi) is 7.43. The fourth-order valence-corrected chi connectivity index (χ4v) is 5.55. The maximum Gasteiger partial charge on any atom is 0.309 e. The fourth-order valence-electron chi connectivity index (χ4n) is 5.55. The van der Waals surface area contributed by atoms with E-state index < -0.39 is 6.10 Å². The molecule has 9 nitrogen and oxygen atoms in total. The van der Waals surface area contributed by atoms with Crippen LogP contribution < -0.4 is 18.9 Å². The van der Waals surface area contributed by atoms with Crippen LogP contribution in [0.15, 0.2) is 48.5 Å². The Morgan fingerprint density at radius 2 is 1.49 bits per heavy atom. The maximum atomic E-state index is 12.7. The zero-order valence-corrected chi connectivity index (χ0v) is 22.0. The molecule has 0 radical (unpaired) electrons. The van der Waals surface area contributed by atoms with Gasteiger partial charge in [0.2, 0.25) is 0 Å². The topological polar surface area (TPSA) is 124 Å². The van der Waals surface area contributed by atoms with Gasteiger partial charge in [0.05, 0.1) is 46.4 Å². The standard InChI is InChI=1S/C30H32O9/c1-35-25-11-16(4-6-23(25)32)9-20-19(15-38-30(20)34)8-17-10-21-22(14-31)28(39-29(21)27(12-17)37-3)18-5-7-24(33)26(13-18)36-2/h4-7,10-13,19-20,22,28,31-33H,8-9,14-15H2,1-3H3. The summed E-state index contributed by atoms with van der Waals surface area (Å²) in [6.45, 7) is 0.137. The third kappa shape index (κ3) is 5.02. The number of carbonyl (C=O) groups excluding carboxylic acids is 1. The first kappa shape index (κ1) is 26.5. The van der Waals surface area contributed by atoms with Gasteiger partial charge in [-0.2, -0.15) is 0 Å². The summed E-state index contributed by atoms with van der Waals surface area (Å²) < 4.78 is 27.9. The van der Waals surface area contributed by atoms with Crippen LogP contribution in [-0.4, -0.2) is 55.8 Å². The number of cyclic esters (lactones) is 1. The Balaban J connectivity index is 1.41. The van der Waals surface area contributed by atoms with Gasteiger partial charge in [0.1, 0.15) is 6.10 Å². The number of esters is 1. The van der Waals surface area contributed by atoms with Crippen LogP contribution in [0.5, 0.6) is 34.5 Å². The molecule has 206 valence electrons. The van der Waals surface area contributed by atoms with Crippen molar-refractivity contribution in [2.75, 3.05) is 34.5 Å². The Morgan fingerprint density at radius 1 is 0.821 bits per heavy atom. The van der Waals surface area contributed by atoms with Crippen molar-refractivity contribution >= 4 is 5.97 Å². The monoisotopic (exact) mass is 536 g/mol. The molecule has 0 amide bonds. The molecule has 2 aliphatic rings. The number of carbonyl (C=O) groups is 1. The first-order valence-electron chi connectivity index (χ1n) is 12.7. The molecule has 3 aromatic carbocycles. The third-order valence-corrected chi connectivity index (χ3v) is 7.61. The molecular formula is C30H32O9. The van der Waals surface area contributed by atoms with Gasteiger partial charge in [-0.25, -0.2) is 0 Å². The van der Waals surface area contributed by atoms with Crippen molar-refractivity contribution in [1.29, 1.82) is 0 Å². The van der Waals surface area contributed by atoms with E-state index in [9.17, 15) is 20.1 Å². The molecule has 39 heavy (non-hydrogen) atoms. The van der Waals surface area contributed by atoms with E-state index in [0.29, 0.717) is 42.4 Å². The minimum absolute atomic E-state index is 0.0193. The zero-order chi connectivity index (χ0) is 27.7. The van der Waals surface area contributed by atoms with Gasteiger partial charge in [0.25, 0.3) is 0 Å². The van der Waals surface area contributed by atoms with Gasteiger partial charge in [-0.05, 0) is 59.9 Å². The predicted octanol–water partition coefficient (Wildman–Crippen LogP) is 3.91. The molecule has 0 saturated carbocycles. The van der Waals surface area contributed by atoms with E-state index in [4.69, 9.17) is 23.7 Å². The molecule has 0 aliphatic carbocycles. The Bertz CT molecular complexity index is 1370. The lowest BCUT2D eigenvalue weighted by Gasteiger charge is -2.19. The van der Waals surface area contributed by atoms with Gasteiger partial charge >= 0.3 is 5.97 Å². The normalized spacial score (nSPS) is 21.7. The SMILES string of the molecule is COc1cc(CC2C(=O)OCC2Cc2cc(OC)c3c(c2)C(CO)C(c2ccc(O)c(OC)c2)O3)ccc1O. The minimum Gasteiger partial charge on any atom is -0.504 e. The molecule has 0 bridgehead atoms. The molecule has 9 heteroatoms. The van der Waals surface area contributed by atoms with Crippen LogP contribution in [0.4, 0.5) is 0 Å². The van der Waals surface area contributed by atoms with Crippen molar-refractivity contribution in [1.82, 2.24) is 0 Å². The largest absolute Gasteiger partial charge is 0.504 e. The van der Waals surface area contributed by atoms with Crippen molar-refractivity contribution in [2.45, 2.75) is 24.9 Å². The van der Waals surface area contributed by atoms with Crippen LogP contribution in [-0.2, 0) is 22.4 Å². The van der Waals surface area contributed by atoms with Gasteiger partial charge in [0, 0.05) is 11.5 Å². The van der Waals surface area contributed by atoms with Gasteiger partial charge in [-0.3, -0.25) is 4.79 Å². The molecule has 2 heterocycles. The van der Waals surface area contributed by atoms with Gasteiger partial charge in [-0.15, -0.1) is 0 Å². The first-order chi connectivity index (χ1) is 18.9. The summed E-state index contributed by atoms with van der Waals surface area (Å²) in [5, 5.41) is 30.3. The lowest BCUT2D eigenvalue weighted by Crippen LogP contribution is -2.21. The highest BCUT2D eigenvalue weighted by Crippen LogP contribution is 2.51. The zero-order valence-electron chi connectivity index (χ0n) is 22.0. The number of benzene rings is 3. The van der Waals surface area contributed by atoms with Gasteiger partial charge in [-0.1, -0.05) is 18.2 Å². The molecule has 2 aliphatic heterocycles. The molecule has 5 rings (SSSR count). The predicted molar refractivity (Wildman–Crippen MR) is 141 cm³/mol. The quantitative estimate of drug-likeness (QED) is 0.349. The number of rotatable bonds is 9. The lowest BCUT2D eigenvalue weighted by atomic mass is 9.83. The van der Waals surface area contributed by atoms with E-state index in [-0.39, 0.29) is 41.8 Å². The number of hydrogen-bond donors (Lipinski definition) is 3. The highest BCUT2D eigenvalue weighted by atomic mass is 16.5. The Labute approximate surface area is 226 Å². The second-order valence-corrected chi connectivity index (χ2v) is 9.89. The van der Waals surface area contributed by atoms with Crippen LogP contribution in [0.1, 0.15) is 34.3 Å². The van der Waals surface area contributed by atoms with E-state index in [2.05, 4.69) is 0 Å². The van der Waals surface area contributed by atoms with Crippen LogP contribution in [0.2, 0.25) is 0 Å². The van der Waals surface area contributed by atoms with Crippen molar-refractivity contribution < 1.29 is 43.8 Å².